The minimum atomic E-state index is -0.896. The fourth-order valence-corrected chi connectivity index (χ4v) is 3.06. The molecule has 132 valence electrons. The van der Waals surface area contributed by atoms with Crippen molar-refractivity contribution in [3.8, 4) is 0 Å². The molecule has 0 aliphatic carbocycles. The predicted octanol–water partition coefficient (Wildman–Crippen LogP) is 3.35. The van der Waals surface area contributed by atoms with Crippen LogP contribution in [0.3, 0.4) is 0 Å². The van der Waals surface area contributed by atoms with Crippen molar-refractivity contribution in [2.75, 3.05) is 19.6 Å². The number of rotatable bonds is 4. The molecule has 0 saturated carbocycles. The highest BCUT2D eigenvalue weighted by atomic mass is 16.4. The van der Waals surface area contributed by atoms with Gasteiger partial charge in [0.05, 0.1) is 6.42 Å². The van der Waals surface area contributed by atoms with E-state index in [1.807, 2.05) is 0 Å². The molecule has 1 saturated heterocycles. The number of nitrogens with one attached hydrogen (secondary N) is 1. The Morgan fingerprint density at radius 1 is 1.17 bits per heavy atom. The average molecular weight is 332 g/mol. The van der Waals surface area contributed by atoms with Gasteiger partial charge in [-0.25, -0.2) is 4.79 Å². The lowest BCUT2D eigenvalue weighted by Crippen LogP contribution is -2.44. The molecule has 2 N–H and O–H groups in total. The minimum absolute atomic E-state index is 0.0394. The van der Waals surface area contributed by atoms with E-state index < -0.39 is 5.97 Å². The third-order valence-electron chi connectivity index (χ3n) is 4.65. The maximum atomic E-state index is 12.0. The quantitative estimate of drug-likeness (QED) is 0.888. The molecule has 0 aromatic heterocycles. The van der Waals surface area contributed by atoms with Crippen molar-refractivity contribution >= 4 is 12.0 Å². The van der Waals surface area contributed by atoms with Gasteiger partial charge in [0.1, 0.15) is 0 Å². The topological polar surface area (TPSA) is 69.6 Å². The number of carboxylic acids is 1. The molecule has 24 heavy (non-hydrogen) atoms. The Kier molecular flexibility index (Phi) is 5.86. The number of likely N-dealkylation sites (tertiary alicyclic amines) is 1. The number of hydrogen-bond donors (Lipinski definition) is 2. The number of carbonyl (C=O) groups is 2. The SMILES string of the molecule is CC(C)(C)c1ccc(C2CCN(C(=O)NCCC(=O)O)CC2)cc1. The largest absolute Gasteiger partial charge is 0.481 e. The lowest BCUT2D eigenvalue weighted by atomic mass is 9.84. The number of amides is 2. The molecular weight excluding hydrogens is 304 g/mol. The van der Waals surface area contributed by atoms with Crippen molar-refractivity contribution in [3.05, 3.63) is 35.4 Å². The summed E-state index contributed by atoms with van der Waals surface area (Å²) in [6.07, 6.45) is 1.85. The third-order valence-corrected chi connectivity index (χ3v) is 4.65. The van der Waals surface area contributed by atoms with Crippen LogP contribution >= 0.6 is 0 Å². The number of nitrogens with zero attached hydrogens (tertiary/aromatic N) is 1. The van der Waals surface area contributed by atoms with Crippen LogP contribution in [0.5, 0.6) is 0 Å². The standard InChI is InChI=1S/C19H28N2O3/c1-19(2,3)16-6-4-14(5-7-16)15-9-12-21(13-10-15)18(24)20-11-8-17(22)23/h4-7,15H,8-13H2,1-3H3,(H,20,24)(H,22,23). The monoisotopic (exact) mass is 332 g/mol. The first-order valence-electron chi connectivity index (χ1n) is 8.62. The van der Waals surface area contributed by atoms with Crippen molar-refractivity contribution in [3.63, 3.8) is 0 Å². The van der Waals surface area contributed by atoms with Crippen LogP contribution in [-0.4, -0.2) is 41.6 Å². The van der Waals surface area contributed by atoms with Crippen LogP contribution in [0, 0.1) is 0 Å². The van der Waals surface area contributed by atoms with E-state index in [1.54, 1.807) is 4.90 Å². The second kappa shape index (κ2) is 7.69. The van der Waals surface area contributed by atoms with E-state index in [2.05, 4.69) is 50.4 Å². The van der Waals surface area contributed by atoms with Crippen LogP contribution in [0.25, 0.3) is 0 Å². The molecule has 1 aromatic carbocycles. The Morgan fingerprint density at radius 2 is 1.75 bits per heavy atom. The number of aliphatic carboxylic acids is 1. The molecule has 0 atom stereocenters. The molecule has 2 amide bonds. The fourth-order valence-electron chi connectivity index (χ4n) is 3.06. The molecule has 1 aliphatic heterocycles. The van der Waals surface area contributed by atoms with Gasteiger partial charge in [-0.3, -0.25) is 4.79 Å². The van der Waals surface area contributed by atoms with Gasteiger partial charge in [-0.2, -0.15) is 0 Å². The van der Waals surface area contributed by atoms with Gasteiger partial charge in [0.2, 0.25) is 0 Å². The summed E-state index contributed by atoms with van der Waals surface area (Å²) in [5.74, 6) is -0.408. The van der Waals surface area contributed by atoms with Crippen LogP contribution in [0.1, 0.15) is 57.1 Å². The van der Waals surface area contributed by atoms with Gasteiger partial charge in [-0.1, -0.05) is 45.0 Å². The van der Waals surface area contributed by atoms with Crippen LogP contribution in [0.15, 0.2) is 24.3 Å². The zero-order valence-corrected chi connectivity index (χ0v) is 14.8. The lowest BCUT2D eigenvalue weighted by Gasteiger charge is -2.32. The van der Waals surface area contributed by atoms with Gasteiger partial charge >= 0.3 is 12.0 Å². The van der Waals surface area contributed by atoms with E-state index in [0.29, 0.717) is 19.0 Å². The maximum absolute atomic E-state index is 12.0. The summed E-state index contributed by atoms with van der Waals surface area (Å²) in [6, 6.07) is 8.69. The highest BCUT2D eigenvalue weighted by Crippen LogP contribution is 2.30. The van der Waals surface area contributed by atoms with Crippen molar-refractivity contribution < 1.29 is 14.7 Å². The molecule has 0 unspecified atom stereocenters. The van der Waals surface area contributed by atoms with Gasteiger partial charge in [-0.05, 0) is 35.3 Å². The molecule has 1 aromatic rings. The average Bonchev–Trinajstić information content (AvgIpc) is 2.54. The Bertz CT molecular complexity index is 567. The summed E-state index contributed by atoms with van der Waals surface area (Å²) in [5.41, 5.74) is 2.84. The predicted molar refractivity (Wildman–Crippen MR) is 94.3 cm³/mol. The Labute approximate surface area is 144 Å². The molecule has 0 spiro atoms. The van der Waals surface area contributed by atoms with Gasteiger partial charge in [0, 0.05) is 19.6 Å². The number of piperidine rings is 1. The summed E-state index contributed by atoms with van der Waals surface area (Å²) in [5, 5.41) is 11.3. The van der Waals surface area contributed by atoms with E-state index in [1.165, 1.54) is 11.1 Å². The molecule has 1 aliphatic rings. The zero-order chi connectivity index (χ0) is 17.7. The summed E-state index contributed by atoms with van der Waals surface area (Å²) < 4.78 is 0. The summed E-state index contributed by atoms with van der Waals surface area (Å²) in [7, 11) is 0. The first-order chi connectivity index (χ1) is 11.3. The molecule has 2 rings (SSSR count). The Morgan fingerprint density at radius 3 is 2.25 bits per heavy atom. The summed E-state index contributed by atoms with van der Waals surface area (Å²) in [6.45, 7) is 8.24. The molecule has 1 heterocycles. The Balaban J connectivity index is 1.84. The number of hydrogen-bond acceptors (Lipinski definition) is 2. The van der Waals surface area contributed by atoms with Crippen LogP contribution < -0.4 is 5.32 Å². The molecule has 5 nitrogen and oxygen atoms in total. The summed E-state index contributed by atoms with van der Waals surface area (Å²) in [4.78, 5) is 24.3. The van der Waals surface area contributed by atoms with Crippen LogP contribution in [-0.2, 0) is 10.2 Å². The van der Waals surface area contributed by atoms with E-state index in [4.69, 9.17) is 5.11 Å². The van der Waals surface area contributed by atoms with Gasteiger partial charge < -0.3 is 15.3 Å². The van der Waals surface area contributed by atoms with E-state index in [0.717, 1.165) is 12.8 Å². The second-order valence-corrected chi connectivity index (χ2v) is 7.51. The normalized spacial score (nSPS) is 16.0. The maximum Gasteiger partial charge on any atom is 0.317 e. The number of urea groups is 1. The third kappa shape index (κ3) is 4.98. The smallest absolute Gasteiger partial charge is 0.317 e. The van der Waals surface area contributed by atoms with Crippen molar-refractivity contribution in [1.82, 2.24) is 10.2 Å². The van der Waals surface area contributed by atoms with Crippen molar-refractivity contribution in [2.24, 2.45) is 0 Å². The van der Waals surface area contributed by atoms with E-state index in [9.17, 15) is 9.59 Å². The van der Waals surface area contributed by atoms with E-state index in [-0.39, 0.29) is 24.4 Å². The molecule has 5 heteroatoms. The highest BCUT2D eigenvalue weighted by molar-refractivity contribution is 5.75. The first kappa shape index (κ1) is 18.3. The van der Waals surface area contributed by atoms with Crippen molar-refractivity contribution in [1.29, 1.82) is 0 Å². The number of benzene rings is 1. The van der Waals surface area contributed by atoms with Gasteiger partial charge in [-0.15, -0.1) is 0 Å². The molecular formula is C19H28N2O3. The minimum Gasteiger partial charge on any atom is -0.481 e. The van der Waals surface area contributed by atoms with Crippen LogP contribution in [0.4, 0.5) is 4.79 Å². The zero-order valence-electron chi connectivity index (χ0n) is 14.8. The van der Waals surface area contributed by atoms with Crippen molar-refractivity contribution in [2.45, 2.75) is 51.4 Å². The lowest BCUT2D eigenvalue weighted by molar-refractivity contribution is -0.136. The first-order valence-corrected chi connectivity index (χ1v) is 8.62. The van der Waals surface area contributed by atoms with Gasteiger partial charge in [0.25, 0.3) is 0 Å². The summed E-state index contributed by atoms with van der Waals surface area (Å²) >= 11 is 0. The van der Waals surface area contributed by atoms with Crippen LogP contribution in [0.2, 0.25) is 0 Å². The number of carboxylic acid groups (broad SMARTS) is 1. The number of carbonyl (C=O) groups excluding carboxylic acids is 1. The second-order valence-electron chi connectivity index (χ2n) is 7.51. The fraction of sp³-hybridized carbons (Fsp3) is 0.579. The molecule has 0 bridgehead atoms. The highest BCUT2D eigenvalue weighted by Gasteiger charge is 2.24. The molecule has 1 fully saturated rings. The van der Waals surface area contributed by atoms with E-state index >= 15 is 0 Å². The van der Waals surface area contributed by atoms with Gasteiger partial charge in [0.15, 0.2) is 0 Å². The molecule has 0 radical (unpaired) electrons. The Hall–Kier alpha value is -2.04.